The van der Waals surface area contributed by atoms with Crippen LogP contribution in [0.5, 0.6) is 5.75 Å². The fraction of sp³-hybridized carbons (Fsp3) is 0.375. The van der Waals surface area contributed by atoms with Crippen molar-refractivity contribution in [3.63, 3.8) is 0 Å². The molecule has 2 heterocycles. The molecule has 2 aromatic carbocycles. The minimum absolute atomic E-state index is 0.108. The Balaban J connectivity index is 1.39. The predicted octanol–water partition coefficient (Wildman–Crippen LogP) is 2.41. The van der Waals surface area contributed by atoms with Crippen LogP contribution >= 0.6 is 0 Å². The first-order chi connectivity index (χ1) is 16.7. The van der Waals surface area contributed by atoms with Gasteiger partial charge in [0.1, 0.15) is 17.1 Å². The number of hydrazine groups is 1. The molecule has 0 bridgehead atoms. The summed E-state index contributed by atoms with van der Waals surface area (Å²) in [6.45, 7) is 1.95. The maximum Gasteiger partial charge on any atom is 0.341 e. The van der Waals surface area contributed by atoms with Gasteiger partial charge in [-0.1, -0.05) is 18.2 Å². The lowest BCUT2D eigenvalue weighted by Crippen LogP contribution is -2.36. The highest BCUT2D eigenvalue weighted by Crippen LogP contribution is 2.55. The molecule has 11 heteroatoms. The molecule has 9 nitrogen and oxygen atoms in total. The smallest absolute Gasteiger partial charge is 0.341 e. The molecule has 3 aliphatic rings. The Morgan fingerprint density at radius 2 is 2.11 bits per heavy atom. The highest BCUT2D eigenvalue weighted by Gasteiger charge is 2.45. The Kier molecular flexibility index (Phi) is 6.26. The largest absolute Gasteiger partial charge is 0.492 e. The topological polar surface area (TPSA) is 128 Å². The fourth-order valence-electron chi connectivity index (χ4n) is 4.69. The molecular formula is C24H26FN3O6S. The number of carbonyl (C=O) groups is 1. The van der Waals surface area contributed by atoms with E-state index in [4.69, 9.17) is 4.74 Å². The van der Waals surface area contributed by atoms with E-state index in [0.29, 0.717) is 38.6 Å². The number of nitrogens with one attached hydrogen (secondary N) is 2. The summed E-state index contributed by atoms with van der Waals surface area (Å²) >= 11 is 0. The van der Waals surface area contributed by atoms with Gasteiger partial charge in [-0.2, -0.15) is 0 Å². The molecule has 0 spiro atoms. The number of halogens is 1. The summed E-state index contributed by atoms with van der Waals surface area (Å²) in [5.74, 6) is -1.07. The lowest BCUT2D eigenvalue weighted by molar-refractivity contribution is 0.0692. The summed E-state index contributed by atoms with van der Waals surface area (Å²) in [7, 11) is -4.26. The molecule has 0 radical (unpaired) electrons. The van der Waals surface area contributed by atoms with Crippen LogP contribution in [-0.2, 0) is 10.0 Å². The molecule has 186 valence electrons. The summed E-state index contributed by atoms with van der Waals surface area (Å²) in [5.41, 5.74) is 3.66. The number of anilines is 1. The van der Waals surface area contributed by atoms with Crippen molar-refractivity contribution in [2.45, 2.75) is 29.8 Å². The van der Waals surface area contributed by atoms with Gasteiger partial charge in [0.05, 0.1) is 23.3 Å². The van der Waals surface area contributed by atoms with Crippen molar-refractivity contribution < 1.29 is 32.6 Å². The van der Waals surface area contributed by atoms with Gasteiger partial charge >= 0.3 is 5.97 Å². The van der Waals surface area contributed by atoms with Gasteiger partial charge in [-0.25, -0.2) is 22.6 Å². The first-order valence-corrected chi connectivity index (χ1v) is 12.9. The van der Waals surface area contributed by atoms with Gasteiger partial charge in [0.25, 0.3) is 10.0 Å². The molecule has 0 aromatic heterocycles. The van der Waals surface area contributed by atoms with Crippen LogP contribution in [0.2, 0.25) is 0 Å². The van der Waals surface area contributed by atoms with Crippen molar-refractivity contribution in [3.05, 3.63) is 58.9 Å². The number of hydrogen-bond acceptors (Lipinski definition) is 7. The summed E-state index contributed by atoms with van der Waals surface area (Å²) in [6, 6.07) is 6.43. The van der Waals surface area contributed by atoms with Crippen molar-refractivity contribution in [2.24, 2.45) is 5.92 Å². The van der Waals surface area contributed by atoms with E-state index < -0.39 is 21.8 Å². The number of benzene rings is 2. The molecule has 1 saturated heterocycles. The summed E-state index contributed by atoms with van der Waals surface area (Å²) in [6.07, 6.45) is 4.35. The van der Waals surface area contributed by atoms with Gasteiger partial charge < -0.3 is 14.9 Å². The van der Waals surface area contributed by atoms with Gasteiger partial charge in [0, 0.05) is 25.6 Å². The number of fused-ring (bicyclic) bond motifs is 3. The maximum atomic E-state index is 14.0. The first-order valence-electron chi connectivity index (χ1n) is 11.4. The number of hydrogen-bond donors (Lipinski definition) is 4. The molecule has 1 aliphatic carbocycles. The van der Waals surface area contributed by atoms with E-state index in [9.17, 15) is 27.8 Å². The predicted molar refractivity (Wildman–Crippen MR) is 126 cm³/mol. The van der Waals surface area contributed by atoms with E-state index in [1.807, 2.05) is 5.01 Å². The molecular weight excluding hydrogens is 477 g/mol. The standard InChI is InChI=1S/C24H26FN3O6S/c25-16-3-6-21(14(10-16)2-1-8-26-28-9-7-17(29)12-28)35(32,33)27-20-5-4-18-19-11-15(19)13-34-23(18)22(20)24(30)31/h1-6,10,15,17,19,26-27,29H,7-9,11-13H2,(H,30,31)/t15?,17-,19?/m0/s1. The zero-order valence-electron chi connectivity index (χ0n) is 18.8. The van der Waals surface area contributed by atoms with Crippen molar-refractivity contribution in [3.8, 4) is 5.75 Å². The third-order valence-corrected chi connectivity index (χ3v) is 8.00. The monoisotopic (exact) mass is 503 g/mol. The van der Waals surface area contributed by atoms with E-state index >= 15 is 0 Å². The number of carboxylic acid groups (broad SMARTS) is 1. The van der Waals surface area contributed by atoms with E-state index in [1.54, 1.807) is 12.1 Å². The number of nitrogens with zero attached hydrogens (tertiary/aromatic N) is 1. The number of rotatable bonds is 8. The zero-order chi connectivity index (χ0) is 24.7. The normalized spacial score (nSPS) is 23.5. The fourth-order valence-corrected chi connectivity index (χ4v) is 5.95. The van der Waals surface area contributed by atoms with Crippen LogP contribution in [0.1, 0.15) is 40.2 Å². The minimum atomic E-state index is -4.26. The molecule has 0 amide bonds. The molecule has 2 aromatic rings. The molecule has 2 fully saturated rings. The number of carboxylic acids is 1. The molecule has 3 atom stereocenters. The number of ether oxygens (including phenoxy) is 1. The molecule has 2 aliphatic heterocycles. The van der Waals surface area contributed by atoms with Gasteiger partial charge in [0.15, 0.2) is 0 Å². The number of β-amino-alcohol motifs (C(OH)–C–C–N with tert-alkyl or cyclic N) is 1. The van der Waals surface area contributed by atoms with Crippen molar-refractivity contribution in [1.82, 2.24) is 10.4 Å². The third-order valence-electron chi connectivity index (χ3n) is 6.57. The number of sulfonamides is 1. The Morgan fingerprint density at radius 1 is 1.29 bits per heavy atom. The summed E-state index contributed by atoms with van der Waals surface area (Å²) in [5, 5.41) is 21.3. The second-order valence-corrected chi connectivity index (χ2v) is 10.7. The van der Waals surface area contributed by atoms with Crippen LogP contribution in [0, 0.1) is 11.7 Å². The Labute approximate surface area is 202 Å². The van der Waals surface area contributed by atoms with E-state index in [1.165, 1.54) is 12.1 Å². The van der Waals surface area contributed by atoms with E-state index in [-0.39, 0.29) is 39.5 Å². The van der Waals surface area contributed by atoms with Crippen molar-refractivity contribution in [1.29, 1.82) is 0 Å². The van der Waals surface area contributed by atoms with Crippen LogP contribution in [0.4, 0.5) is 10.1 Å². The van der Waals surface area contributed by atoms with Crippen LogP contribution in [0.15, 0.2) is 41.3 Å². The number of aliphatic hydroxyl groups excluding tert-OH is 1. The Bertz CT molecular complexity index is 1300. The van der Waals surface area contributed by atoms with Gasteiger partial charge in [-0.05, 0) is 54.2 Å². The lowest BCUT2D eigenvalue weighted by atomic mass is 10.0. The van der Waals surface area contributed by atoms with Gasteiger partial charge in [0.2, 0.25) is 0 Å². The average Bonchev–Trinajstić information content (AvgIpc) is 3.49. The molecule has 35 heavy (non-hydrogen) atoms. The quantitative estimate of drug-likeness (QED) is 0.433. The van der Waals surface area contributed by atoms with E-state index in [0.717, 1.165) is 30.2 Å². The van der Waals surface area contributed by atoms with Crippen LogP contribution < -0.4 is 14.9 Å². The van der Waals surface area contributed by atoms with Crippen LogP contribution in [0.3, 0.4) is 0 Å². The number of aliphatic hydroxyl groups is 1. The SMILES string of the molecule is O=C(O)c1c(NS(=O)(=O)c2ccc(F)cc2C=CCNN2CC[C@H](O)C2)ccc2c1OCC1CC21. The van der Waals surface area contributed by atoms with Gasteiger partial charge in [-0.3, -0.25) is 10.1 Å². The first kappa shape index (κ1) is 23.7. The van der Waals surface area contributed by atoms with Crippen molar-refractivity contribution in [2.75, 3.05) is 31.0 Å². The summed E-state index contributed by atoms with van der Waals surface area (Å²) < 4.78 is 48.6. The van der Waals surface area contributed by atoms with Crippen molar-refractivity contribution >= 4 is 27.8 Å². The zero-order valence-corrected chi connectivity index (χ0v) is 19.6. The highest BCUT2D eigenvalue weighted by atomic mass is 32.2. The third kappa shape index (κ3) is 4.90. The van der Waals surface area contributed by atoms with Crippen LogP contribution in [-0.4, -0.2) is 62.0 Å². The average molecular weight is 504 g/mol. The maximum absolute atomic E-state index is 14.0. The second-order valence-electron chi connectivity index (χ2n) is 9.07. The highest BCUT2D eigenvalue weighted by molar-refractivity contribution is 7.92. The number of aromatic carboxylic acids is 1. The molecule has 1 saturated carbocycles. The second kappa shape index (κ2) is 9.23. The summed E-state index contributed by atoms with van der Waals surface area (Å²) in [4.78, 5) is 11.9. The molecule has 5 rings (SSSR count). The Hall–Kier alpha value is -2.99. The van der Waals surface area contributed by atoms with Crippen LogP contribution in [0.25, 0.3) is 6.08 Å². The van der Waals surface area contributed by atoms with Gasteiger partial charge in [-0.15, -0.1) is 0 Å². The Morgan fingerprint density at radius 3 is 2.86 bits per heavy atom. The van der Waals surface area contributed by atoms with E-state index in [2.05, 4.69) is 10.1 Å². The molecule has 2 unspecified atom stereocenters. The minimum Gasteiger partial charge on any atom is -0.492 e. The molecule has 4 N–H and O–H groups in total. The lowest BCUT2D eigenvalue weighted by Gasteiger charge is -2.21.